The van der Waals surface area contributed by atoms with Crippen LogP contribution in [0.2, 0.25) is 0 Å². The highest BCUT2D eigenvalue weighted by atomic mass is 15.4. The fourth-order valence-corrected chi connectivity index (χ4v) is 1.85. The van der Waals surface area contributed by atoms with E-state index in [2.05, 4.69) is 50.1 Å². The Morgan fingerprint density at radius 1 is 1.20 bits per heavy atom. The van der Waals surface area contributed by atoms with Gasteiger partial charge in [-0.15, -0.1) is 5.10 Å². The first-order valence-corrected chi connectivity index (χ1v) is 5.20. The first-order valence-electron chi connectivity index (χ1n) is 5.20. The van der Waals surface area contributed by atoms with Crippen molar-refractivity contribution in [2.24, 2.45) is 7.05 Å². The summed E-state index contributed by atoms with van der Waals surface area (Å²) < 4.78 is 1.83. The number of fused-ring (bicyclic) bond motifs is 1. The van der Waals surface area contributed by atoms with Gasteiger partial charge in [-0.05, 0) is 29.5 Å². The summed E-state index contributed by atoms with van der Waals surface area (Å²) in [6, 6.07) is 4.36. The Morgan fingerprint density at radius 3 is 2.47 bits per heavy atom. The Kier molecular flexibility index (Phi) is 2.07. The molecule has 0 saturated carbocycles. The molecule has 3 heteroatoms. The van der Waals surface area contributed by atoms with Crippen LogP contribution in [0.15, 0.2) is 12.1 Å². The van der Waals surface area contributed by atoms with Crippen LogP contribution in [-0.2, 0) is 12.5 Å². The minimum Gasteiger partial charge on any atom is -0.247 e. The molecule has 0 spiro atoms. The summed E-state index contributed by atoms with van der Waals surface area (Å²) in [6.07, 6.45) is 0. The number of rotatable bonds is 0. The monoisotopic (exact) mass is 203 g/mol. The summed E-state index contributed by atoms with van der Waals surface area (Å²) in [7, 11) is 1.93. The molecule has 0 atom stereocenters. The van der Waals surface area contributed by atoms with Crippen molar-refractivity contribution in [2.75, 3.05) is 0 Å². The van der Waals surface area contributed by atoms with E-state index in [9.17, 15) is 0 Å². The number of hydrogen-bond donors (Lipinski definition) is 0. The number of nitrogens with zero attached hydrogens (tertiary/aromatic N) is 3. The molecule has 1 aromatic carbocycles. The maximum absolute atomic E-state index is 4.17. The summed E-state index contributed by atoms with van der Waals surface area (Å²) in [4.78, 5) is 0. The number of benzene rings is 1. The van der Waals surface area contributed by atoms with Gasteiger partial charge < -0.3 is 0 Å². The molecule has 0 unspecified atom stereocenters. The lowest BCUT2D eigenvalue weighted by molar-refractivity contribution is 0.590. The largest absolute Gasteiger partial charge is 0.247 e. The third-order valence-corrected chi connectivity index (χ3v) is 2.76. The zero-order valence-corrected chi connectivity index (χ0v) is 10.00. The molecule has 0 aliphatic carbocycles. The Labute approximate surface area is 90.1 Å². The molecule has 2 aromatic rings. The fourth-order valence-electron chi connectivity index (χ4n) is 1.85. The molecular weight excluding hydrogens is 186 g/mol. The normalized spacial score (nSPS) is 12.3. The number of aryl methyl sites for hydroxylation is 2. The molecule has 0 fully saturated rings. The van der Waals surface area contributed by atoms with E-state index in [1.165, 1.54) is 11.1 Å². The minimum atomic E-state index is 0.163. The molecule has 0 radical (unpaired) electrons. The zero-order chi connectivity index (χ0) is 11.2. The Balaban J connectivity index is 2.74. The van der Waals surface area contributed by atoms with Gasteiger partial charge in [0.1, 0.15) is 5.52 Å². The van der Waals surface area contributed by atoms with Gasteiger partial charge in [0.05, 0.1) is 5.52 Å². The Bertz CT molecular complexity index is 503. The molecule has 0 N–H and O–H groups in total. The molecule has 15 heavy (non-hydrogen) atoms. The van der Waals surface area contributed by atoms with Crippen LogP contribution in [0.5, 0.6) is 0 Å². The lowest BCUT2D eigenvalue weighted by Crippen LogP contribution is -2.11. The van der Waals surface area contributed by atoms with E-state index in [-0.39, 0.29) is 5.41 Å². The topological polar surface area (TPSA) is 30.7 Å². The smallest absolute Gasteiger partial charge is 0.113 e. The van der Waals surface area contributed by atoms with Crippen molar-refractivity contribution in [3.63, 3.8) is 0 Å². The van der Waals surface area contributed by atoms with Crippen molar-refractivity contribution < 1.29 is 0 Å². The molecule has 80 valence electrons. The zero-order valence-electron chi connectivity index (χ0n) is 10.00. The van der Waals surface area contributed by atoms with E-state index in [1.807, 2.05) is 11.7 Å². The van der Waals surface area contributed by atoms with Crippen LogP contribution >= 0.6 is 0 Å². The third kappa shape index (κ3) is 1.62. The quantitative estimate of drug-likeness (QED) is 0.659. The van der Waals surface area contributed by atoms with Gasteiger partial charge in [0.25, 0.3) is 0 Å². The van der Waals surface area contributed by atoms with Gasteiger partial charge in [0.2, 0.25) is 0 Å². The van der Waals surface area contributed by atoms with Crippen LogP contribution in [0.3, 0.4) is 0 Å². The standard InChI is InChI=1S/C12H17N3/c1-8-6-9(12(2,3)4)7-10-11(8)15(5)14-13-10/h6-7H,1-5H3. The van der Waals surface area contributed by atoms with Gasteiger partial charge in [0.15, 0.2) is 0 Å². The van der Waals surface area contributed by atoms with Crippen molar-refractivity contribution in [1.82, 2.24) is 15.0 Å². The minimum absolute atomic E-state index is 0.163. The molecule has 0 aliphatic heterocycles. The Morgan fingerprint density at radius 2 is 1.87 bits per heavy atom. The van der Waals surface area contributed by atoms with Crippen molar-refractivity contribution in [1.29, 1.82) is 0 Å². The van der Waals surface area contributed by atoms with Crippen molar-refractivity contribution in [3.8, 4) is 0 Å². The molecule has 2 rings (SSSR count). The SMILES string of the molecule is Cc1cc(C(C)(C)C)cc2nnn(C)c12. The number of aromatic nitrogens is 3. The van der Waals surface area contributed by atoms with Crippen LogP contribution in [0.4, 0.5) is 0 Å². The van der Waals surface area contributed by atoms with Gasteiger partial charge in [-0.25, -0.2) is 4.68 Å². The van der Waals surface area contributed by atoms with E-state index >= 15 is 0 Å². The summed E-state index contributed by atoms with van der Waals surface area (Å²) >= 11 is 0. The molecular formula is C12H17N3. The highest BCUT2D eigenvalue weighted by molar-refractivity contribution is 5.79. The van der Waals surface area contributed by atoms with Crippen molar-refractivity contribution in [2.45, 2.75) is 33.1 Å². The molecule has 3 nitrogen and oxygen atoms in total. The highest BCUT2D eigenvalue weighted by Gasteiger charge is 2.16. The molecule has 1 heterocycles. The molecule has 1 aromatic heterocycles. The molecule has 0 aliphatic rings. The fraction of sp³-hybridized carbons (Fsp3) is 0.500. The summed E-state index contributed by atoms with van der Waals surface area (Å²) in [6.45, 7) is 8.75. The first-order chi connectivity index (χ1) is 6.89. The summed E-state index contributed by atoms with van der Waals surface area (Å²) in [5.41, 5.74) is 4.83. The van der Waals surface area contributed by atoms with E-state index < -0.39 is 0 Å². The van der Waals surface area contributed by atoms with Gasteiger partial charge in [0, 0.05) is 7.05 Å². The molecule has 0 amide bonds. The maximum atomic E-state index is 4.17. The third-order valence-electron chi connectivity index (χ3n) is 2.76. The highest BCUT2D eigenvalue weighted by Crippen LogP contribution is 2.27. The predicted molar refractivity (Wildman–Crippen MR) is 61.9 cm³/mol. The van der Waals surface area contributed by atoms with E-state index in [4.69, 9.17) is 0 Å². The van der Waals surface area contributed by atoms with E-state index in [0.29, 0.717) is 0 Å². The second-order valence-corrected chi connectivity index (χ2v) is 5.12. The molecule has 0 bridgehead atoms. The van der Waals surface area contributed by atoms with Crippen LogP contribution in [-0.4, -0.2) is 15.0 Å². The average molecular weight is 203 g/mol. The van der Waals surface area contributed by atoms with Crippen LogP contribution in [0.1, 0.15) is 31.9 Å². The average Bonchev–Trinajstić information content (AvgIpc) is 2.46. The van der Waals surface area contributed by atoms with Crippen molar-refractivity contribution >= 4 is 11.0 Å². The van der Waals surface area contributed by atoms with E-state index in [0.717, 1.165) is 11.0 Å². The van der Waals surface area contributed by atoms with Crippen molar-refractivity contribution in [3.05, 3.63) is 23.3 Å². The lowest BCUT2D eigenvalue weighted by Gasteiger charge is -2.19. The summed E-state index contributed by atoms with van der Waals surface area (Å²) in [5, 5.41) is 8.21. The van der Waals surface area contributed by atoms with Gasteiger partial charge in [-0.2, -0.15) is 0 Å². The van der Waals surface area contributed by atoms with Crippen LogP contribution in [0, 0.1) is 6.92 Å². The Hall–Kier alpha value is -1.38. The first kappa shape index (κ1) is 10.1. The van der Waals surface area contributed by atoms with E-state index in [1.54, 1.807) is 0 Å². The summed E-state index contributed by atoms with van der Waals surface area (Å²) in [5.74, 6) is 0. The van der Waals surface area contributed by atoms with Gasteiger partial charge in [-0.3, -0.25) is 0 Å². The van der Waals surface area contributed by atoms with Gasteiger partial charge in [-0.1, -0.05) is 32.1 Å². The van der Waals surface area contributed by atoms with Crippen LogP contribution < -0.4 is 0 Å². The number of hydrogen-bond acceptors (Lipinski definition) is 2. The van der Waals surface area contributed by atoms with Crippen LogP contribution in [0.25, 0.3) is 11.0 Å². The second kappa shape index (κ2) is 3.05. The second-order valence-electron chi connectivity index (χ2n) is 5.12. The maximum Gasteiger partial charge on any atom is 0.113 e. The molecule has 0 saturated heterocycles. The lowest BCUT2D eigenvalue weighted by atomic mass is 9.86. The van der Waals surface area contributed by atoms with Gasteiger partial charge >= 0.3 is 0 Å². The predicted octanol–water partition coefficient (Wildman–Crippen LogP) is 2.57.